The van der Waals surface area contributed by atoms with Crippen LogP contribution in [-0.2, 0) is 0 Å². The number of nitrogens with one attached hydrogen (secondary N) is 1. The standard InChI is InChI=1S/C12H22N2S/c1-4-5-6-7-8-11(13-3)12-14-10(2)9-15-12/h9,11,13H,4-8H2,1-3H3. The van der Waals surface area contributed by atoms with E-state index in [-0.39, 0.29) is 0 Å². The molecule has 1 N–H and O–H groups in total. The van der Waals surface area contributed by atoms with Gasteiger partial charge in [-0.2, -0.15) is 0 Å². The van der Waals surface area contributed by atoms with E-state index >= 15 is 0 Å². The van der Waals surface area contributed by atoms with Crippen molar-refractivity contribution < 1.29 is 0 Å². The maximum atomic E-state index is 4.54. The predicted molar refractivity (Wildman–Crippen MR) is 67.4 cm³/mol. The van der Waals surface area contributed by atoms with Crippen molar-refractivity contribution >= 4 is 11.3 Å². The van der Waals surface area contributed by atoms with Gasteiger partial charge in [-0.05, 0) is 20.4 Å². The molecule has 0 saturated heterocycles. The SMILES string of the molecule is CCCCCCC(NC)c1nc(C)cs1. The molecular formula is C12H22N2S. The van der Waals surface area contributed by atoms with E-state index in [9.17, 15) is 0 Å². The van der Waals surface area contributed by atoms with E-state index in [0.717, 1.165) is 5.69 Å². The Labute approximate surface area is 97.1 Å². The Morgan fingerprint density at radius 3 is 2.73 bits per heavy atom. The smallest absolute Gasteiger partial charge is 0.110 e. The number of aryl methyl sites for hydroxylation is 1. The van der Waals surface area contributed by atoms with Crippen LogP contribution in [0.15, 0.2) is 5.38 Å². The van der Waals surface area contributed by atoms with E-state index < -0.39 is 0 Å². The minimum absolute atomic E-state index is 0.459. The summed E-state index contributed by atoms with van der Waals surface area (Å²) in [5, 5.41) is 6.73. The average molecular weight is 226 g/mol. The van der Waals surface area contributed by atoms with Crippen molar-refractivity contribution in [2.75, 3.05) is 7.05 Å². The van der Waals surface area contributed by atoms with E-state index in [1.165, 1.54) is 37.1 Å². The first-order valence-electron chi connectivity index (χ1n) is 5.87. The second kappa shape index (κ2) is 6.96. The minimum Gasteiger partial charge on any atom is -0.311 e. The second-order valence-electron chi connectivity index (χ2n) is 4.02. The lowest BCUT2D eigenvalue weighted by atomic mass is 10.1. The molecule has 0 radical (unpaired) electrons. The lowest BCUT2D eigenvalue weighted by Gasteiger charge is -2.12. The molecule has 15 heavy (non-hydrogen) atoms. The minimum atomic E-state index is 0.459. The highest BCUT2D eigenvalue weighted by Gasteiger charge is 2.11. The molecule has 0 aromatic carbocycles. The van der Waals surface area contributed by atoms with Gasteiger partial charge in [0.15, 0.2) is 0 Å². The summed E-state index contributed by atoms with van der Waals surface area (Å²) in [4.78, 5) is 4.54. The quantitative estimate of drug-likeness (QED) is 0.717. The van der Waals surface area contributed by atoms with Crippen LogP contribution >= 0.6 is 11.3 Å². The Kier molecular flexibility index (Phi) is 5.88. The lowest BCUT2D eigenvalue weighted by molar-refractivity contribution is 0.503. The zero-order valence-electron chi connectivity index (χ0n) is 10.0. The van der Waals surface area contributed by atoms with Crippen LogP contribution in [0.5, 0.6) is 0 Å². The average Bonchev–Trinajstić information content (AvgIpc) is 2.65. The Morgan fingerprint density at radius 1 is 1.40 bits per heavy atom. The molecule has 2 nitrogen and oxygen atoms in total. The second-order valence-corrected chi connectivity index (χ2v) is 4.91. The fourth-order valence-electron chi connectivity index (χ4n) is 1.70. The summed E-state index contributed by atoms with van der Waals surface area (Å²) in [6, 6.07) is 0.459. The molecule has 1 atom stereocenters. The predicted octanol–water partition coefficient (Wildman–Crippen LogP) is 3.68. The van der Waals surface area contributed by atoms with Crippen LogP contribution in [-0.4, -0.2) is 12.0 Å². The molecular weight excluding hydrogens is 204 g/mol. The number of hydrogen-bond acceptors (Lipinski definition) is 3. The van der Waals surface area contributed by atoms with Crippen LogP contribution in [0.4, 0.5) is 0 Å². The zero-order chi connectivity index (χ0) is 11.1. The largest absolute Gasteiger partial charge is 0.311 e. The van der Waals surface area contributed by atoms with E-state index in [2.05, 4.69) is 29.5 Å². The fourth-order valence-corrected chi connectivity index (χ4v) is 2.64. The summed E-state index contributed by atoms with van der Waals surface area (Å²) < 4.78 is 0. The molecule has 0 aliphatic rings. The van der Waals surface area contributed by atoms with Gasteiger partial charge in [0.25, 0.3) is 0 Å². The van der Waals surface area contributed by atoms with Gasteiger partial charge in [-0.25, -0.2) is 4.98 Å². The summed E-state index contributed by atoms with van der Waals surface area (Å²) in [6.07, 6.45) is 6.52. The highest BCUT2D eigenvalue weighted by Crippen LogP contribution is 2.22. The molecule has 3 heteroatoms. The lowest BCUT2D eigenvalue weighted by Crippen LogP contribution is -2.16. The zero-order valence-corrected chi connectivity index (χ0v) is 10.9. The molecule has 1 unspecified atom stereocenters. The monoisotopic (exact) mass is 226 g/mol. The van der Waals surface area contributed by atoms with E-state index in [1.807, 2.05) is 7.05 Å². The van der Waals surface area contributed by atoms with Crippen molar-refractivity contribution in [1.82, 2.24) is 10.3 Å². The number of nitrogens with zero attached hydrogens (tertiary/aromatic N) is 1. The van der Waals surface area contributed by atoms with Crippen LogP contribution < -0.4 is 5.32 Å². The molecule has 86 valence electrons. The summed E-state index contributed by atoms with van der Waals surface area (Å²) in [5.74, 6) is 0. The maximum Gasteiger partial charge on any atom is 0.110 e. The normalized spacial score (nSPS) is 13.0. The molecule has 1 aromatic heterocycles. The van der Waals surface area contributed by atoms with Crippen molar-refractivity contribution in [2.45, 2.75) is 52.0 Å². The van der Waals surface area contributed by atoms with Gasteiger partial charge in [-0.15, -0.1) is 11.3 Å². The molecule has 0 aliphatic heterocycles. The van der Waals surface area contributed by atoms with Crippen LogP contribution in [0.1, 0.15) is 55.8 Å². The number of rotatable bonds is 7. The van der Waals surface area contributed by atoms with Gasteiger partial charge in [0.2, 0.25) is 0 Å². The summed E-state index contributed by atoms with van der Waals surface area (Å²) in [5.41, 5.74) is 1.14. The Balaban J connectivity index is 2.35. The van der Waals surface area contributed by atoms with E-state index in [0.29, 0.717) is 6.04 Å². The van der Waals surface area contributed by atoms with Crippen molar-refractivity contribution in [3.8, 4) is 0 Å². The Morgan fingerprint density at radius 2 is 2.20 bits per heavy atom. The van der Waals surface area contributed by atoms with Crippen molar-refractivity contribution in [2.24, 2.45) is 0 Å². The first-order chi connectivity index (χ1) is 7.27. The third-order valence-electron chi connectivity index (χ3n) is 2.63. The van der Waals surface area contributed by atoms with Crippen LogP contribution in [0.3, 0.4) is 0 Å². The topological polar surface area (TPSA) is 24.9 Å². The maximum absolute atomic E-state index is 4.54. The van der Waals surface area contributed by atoms with Crippen LogP contribution in [0.2, 0.25) is 0 Å². The summed E-state index contributed by atoms with van der Waals surface area (Å²) in [7, 11) is 2.03. The highest BCUT2D eigenvalue weighted by atomic mass is 32.1. The molecule has 0 bridgehead atoms. The van der Waals surface area contributed by atoms with Crippen LogP contribution in [0.25, 0.3) is 0 Å². The molecule has 1 rings (SSSR count). The van der Waals surface area contributed by atoms with E-state index in [4.69, 9.17) is 0 Å². The van der Waals surface area contributed by atoms with Gasteiger partial charge >= 0.3 is 0 Å². The molecule has 0 fully saturated rings. The fraction of sp³-hybridized carbons (Fsp3) is 0.750. The summed E-state index contributed by atoms with van der Waals surface area (Å²) in [6.45, 7) is 4.31. The summed E-state index contributed by atoms with van der Waals surface area (Å²) >= 11 is 1.77. The first kappa shape index (κ1) is 12.7. The first-order valence-corrected chi connectivity index (χ1v) is 6.75. The number of hydrogen-bond donors (Lipinski definition) is 1. The van der Waals surface area contributed by atoms with Gasteiger partial charge in [-0.3, -0.25) is 0 Å². The molecule has 1 aromatic rings. The molecule has 0 spiro atoms. The highest BCUT2D eigenvalue weighted by molar-refractivity contribution is 7.09. The van der Waals surface area contributed by atoms with Crippen molar-refractivity contribution in [3.63, 3.8) is 0 Å². The Hall–Kier alpha value is -0.410. The third-order valence-corrected chi connectivity index (χ3v) is 3.71. The Bertz CT molecular complexity index is 270. The third kappa shape index (κ3) is 4.31. The van der Waals surface area contributed by atoms with Crippen molar-refractivity contribution in [1.29, 1.82) is 0 Å². The van der Waals surface area contributed by atoms with Gasteiger partial charge in [0.05, 0.1) is 6.04 Å². The molecule has 1 heterocycles. The van der Waals surface area contributed by atoms with Gasteiger partial charge in [0.1, 0.15) is 5.01 Å². The van der Waals surface area contributed by atoms with Gasteiger partial charge in [0, 0.05) is 11.1 Å². The van der Waals surface area contributed by atoms with Crippen LogP contribution in [0, 0.1) is 6.92 Å². The number of unbranched alkanes of at least 4 members (excludes halogenated alkanes) is 3. The number of aromatic nitrogens is 1. The molecule has 0 aliphatic carbocycles. The molecule has 0 saturated carbocycles. The molecule has 0 amide bonds. The number of thiazole rings is 1. The van der Waals surface area contributed by atoms with E-state index in [1.54, 1.807) is 11.3 Å². The van der Waals surface area contributed by atoms with Gasteiger partial charge in [-0.1, -0.05) is 32.6 Å². The van der Waals surface area contributed by atoms with Gasteiger partial charge < -0.3 is 5.32 Å². The van der Waals surface area contributed by atoms with Crippen molar-refractivity contribution in [3.05, 3.63) is 16.1 Å².